The third-order valence-corrected chi connectivity index (χ3v) is 3.68. The Hall–Kier alpha value is -0.000000000000000111. The van der Waals surface area contributed by atoms with Crippen molar-refractivity contribution in [1.29, 1.82) is 0 Å². The van der Waals surface area contributed by atoms with Crippen molar-refractivity contribution < 1.29 is 10.2 Å². The molecule has 1 aromatic rings. The Morgan fingerprint density at radius 3 is 2.75 bits per heavy atom. The van der Waals surface area contributed by atoms with E-state index in [1.807, 2.05) is 6.92 Å². The quantitative estimate of drug-likeness (QED) is 0.814. The van der Waals surface area contributed by atoms with Gasteiger partial charge in [-0.15, -0.1) is 0 Å². The molecule has 0 aliphatic carbocycles. The van der Waals surface area contributed by atoms with Crippen LogP contribution >= 0.6 is 35.0 Å². The second kappa shape index (κ2) is 6.67. The van der Waals surface area contributed by atoms with Crippen LogP contribution in [0.1, 0.15) is 11.3 Å². The number of nitrogens with zero attached hydrogens (tertiary/aromatic N) is 1. The molecule has 0 radical (unpaired) electrons. The lowest BCUT2D eigenvalue weighted by Crippen LogP contribution is -2.14. The molecule has 0 aliphatic rings. The average molecular weight is 282 g/mol. The van der Waals surface area contributed by atoms with E-state index in [9.17, 15) is 0 Å². The normalized spacial score (nSPS) is 12.8. The van der Waals surface area contributed by atoms with Gasteiger partial charge in [-0.2, -0.15) is 11.8 Å². The maximum absolute atomic E-state index is 9.17. The van der Waals surface area contributed by atoms with Crippen molar-refractivity contribution in [3.8, 4) is 0 Å². The average Bonchev–Trinajstić information content (AvgIpc) is 2.21. The highest BCUT2D eigenvalue weighted by atomic mass is 35.5. The Morgan fingerprint density at radius 2 is 2.19 bits per heavy atom. The van der Waals surface area contributed by atoms with Gasteiger partial charge in [-0.1, -0.05) is 23.2 Å². The van der Waals surface area contributed by atoms with E-state index in [1.54, 1.807) is 6.07 Å². The molecule has 3 nitrogen and oxygen atoms in total. The fourth-order valence-corrected chi connectivity index (χ4v) is 2.92. The van der Waals surface area contributed by atoms with Crippen LogP contribution in [-0.2, 0) is 5.75 Å². The molecule has 1 atom stereocenters. The minimum atomic E-state index is -0.707. The summed E-state index contributed by atoms with van der Waals surface area (Å²) in [7, 11) is 0. The van der Waals surface area contributed by atoms with Crippen LogP contribution in [0.15, 0.2) is 6.07 Å². The molecule has 0 aliphatic heterocycles. The van der Waals surface area contributed by atoms with Gasteiger partial charge in [0.2, 0.25) is 0 Å². The van der Waals surface area contributed by atoms with Gasteiger partial charge < -0.3 is 10.2 Å². The number of aliphatic hydroxyl groups excluding tert-OH is 2. The van der Waals surface area contributed by atoms with Gasteiger partial charge in [-0.3, -0.25) is 0 Å². The first-order valence-corrected chi connectivity index (χ1v) is 6.63. The second-order valence-electron chi connectivity index (χ2n) is 3.37. The summed E-state index contributed by atoms with van der Waals surface area (Å²) in [5.74, 6) is 1.01. The Labute approximate surface area is 109 Å². The Morgan fingerprint density at radius 1 is 1.50 bits per heavy atom. The summed E-state index contributed by atoms with van der Waals surface area (Å²) in [5, 5.41) is 18.8. The third-order valence-electron chi connectivity index (χ3n) is 1.91. The van der Waals surface area contributed by atoms with Crippen LogP contribution in [0.3, 0.4) is 0 Å². The molecule has 0 saturated heterocycles. The number of pyridine rings is 1. The fraction of sp³-hybridized carbons (Fsp3) is 0.500. The summed E-state index contributed by atoms with van der Waals surface area (Å²) in [4.78, 5) is 4.11. The number of halogens is 2. The Kier molecular flexibility index (Phi) is 5.86. The largest absolute Gasteiger partial charge is 0.394 e. The zero-order chi connectivity index (χ0) is 12.1. The molecule has 1 rings (SSSR count). The van der Waals surface area contributed by atoms with Crippen molar-refractivity contribution in [3.63, 3.8) is 0 Å². The molecule has 0 saturated carbocycles. The minimum absolute atomic E-state index is 0.236. The summed E-state index contributed by atoms with van der Waals surface area (Å²) in [6, 6.07) is 1.76. The lowest BCUT2D eigenvalue weighted by atomic mass is 10.3. The highest BCUT2D eigenvalue weighted by molar-refractivity contribution is 7.98. The van der Waals surface area contributed by atoms with E-state index >= 15 is 0 Å². The van der Waals surface area contributed by atoms with Gasteiger partial charge in [0.25, 0.3) is 0 Å². The van der Waals surface area contributed by atoms with Crippen LogP contribution in [0, 0.1) is 6.92 Å². The number of hydrogen-bond acceptors (Lipinski definition) is 4. The summed E-state index contributed by atoms with van der Waals surface area (Å²) in [6.07, 6.45) is -0.707. The minimum Gasteiger partial charge on any atom is -0.394 e. The van der Waals surface area contributed by atoms with Crippen LogP contribution in [0.2, 0.25) is 10.2 Å². The van der Waals surface area contributed by atoms with E-state index in [4.69, 9.17) is 33.4 Å². The van der Waals surface area contributed by atoms with Crippen LogP contribution in [0.25, 0.3) is 0 Å². The van der Waals surface area contributed by atoms with Crippen molar-refractivity contribution >= 4 is 35.0 Å². The van der Waals surface area contributed by atoms with E-state index in [1.165, 1.54) is 11.8 Å². The molecule has 6 heteroatoms. The molecule has 1 aromatic heterocycles. The van der Waals surface area contributed by atoms with E-state index in [0.29, 0.717) is 21.7 Å². The first kappa shape index (κ1) is 14.1. The van der Waals surface area contributed by atoms with E-state index in [-0.39, 0.29) is 6.61 Å². The Bertz CT molecular complexity index is 340. The highest BCUT2D eigenvalue weighted by Gasteiger charge is 2.09. The number of aryl methyl sites for hydroxylation is 1. The fourth-order valence-electron chi connectivity index (χ4n) is 1.10. The number of aliphatic hydroxyl groups is 2. The zero-order valence-corrected chi connectivity index (χ0v) is 11.1. The number of hydrogen-bond donors (Lipinski definition) is 2. The summed E-state index contributed by atoms with van der Waals surface area (Å²) in [6.45, 7) is 1.59. The molecule has 1 heterocycles. The van der Waals surface area contributed by atoms with Crippen molar-refractivity contribution in [1.82, 2.24) is 4.98 Å². The highest BCUT2D eigenvalue weighted by Crippen LogP contribution is 2.27. The predicted molar refractivity (Wildman–Crippen MR) is 68.2 cm³/mol. The molecule has 0 spiro atoms. The first-order valence-electron chi connectivity index (χ1n) is 4.72. The van der Waals surface area contributed by atoms with Crippen LogP contribution in [0.4, 0.5) is 0 Å². The molecule has 0 aromatic carbocycles. The summed E-state index contributed by atoms with van der Waals surface area (Å²) < 4.78 is 0. The van der Waals surface area contributed by atoms with Gasteiger partial charge in [-0.05, 0) is 13.0 Å². The van der Waals surface area contributed by atoms with Gasteiger partial charge in [0.05, 0.1) is 12.7 Å². The lowest BCUT2D eigenvalue weighted by Gasteiger charge is -2.09. The first-order chi connectivity index (χ1) is 7.54. The van der Waals surface area contributed by atoms with Crippen LogP contribution in [-0.4, -0.2) is 33.7 Å². The summed E-state index contributed by atoms with van der Waals surface area (Å²) >= 11 is 13.5. The van der Waals surface area contributed by atoms with Crippen molar-refractivity contribution in [2.75, 3.05) is 12.4 Å². The summed E-state index contributed by atoms with van der Waals surface area (Å²) in [5.41, 5.74) is 1.54. The molecule has 0 amide bonds. The predicted octanol–water partition coefficient (Wildman–Crippen LogP) is 2.28. The van der Waals surface area contributed by atoms with Crippen LogP contribution < -0.4 is 0 Å². The number of thioether (sulfide) groups is 1. The molecule has 0 bridgehead atoms. The molecule has 2 N–H and O–H groups in total. The molecular weight excluding hydrogens is 269 g/mol. The van der Waals surface area contributed by atoms with E-state index in [0.717, 1.165) is 11.3 Å². The molecule has 1 unspecified atom stereocenters. The van der Waals surface area contributed by atoms with E-state index < -0.39 is 6.10 Å². The van der Waals surface area contributed by atoms with Crippen molar-refractivity contribution in [2.45, 2.75) is 18.8 Å². The smallest absolute Gasteiger partial charge is 0.134 e. The molecular formula is C10H13Cl2NO2S. The van der Waals surface area contributed by atoms with Crippen LogP contribution in [0.5, 0.6) is 0 Å². The van der Waals surface area contributed by atoms with Crippen molar-refractivity contribution in [3.05, 3.63) is 27.5 Å². The maximum atomic E-state index is 9.17. The van der Waals surface area contributed by atoms with Gasteiger partial charge in [0.1, 0.15) is 5.15 Å². The van der Waals surface area contributed by atoms with Crippen molar-refractivity contribution in [2.24, 2.45) is 0 Å². The number of aromatic nitrogens is 1. The van der Waals surface area contributed by atoms with Gasteiger partial charge in [0, 0.05) is 27.8 Å². The van der Waals surface area contributed by atoms with E-state index in [2.05, 4.69) is 4.98 Å². The standard InChI is InChI=1S/C10H13Cl2NO2S/c1-6-2-9(11)8(10(12)13-6)5-16-4-7(15)3-14/h2,7,14-15H,3-5H2,1H3. The Balaban J connectivity index is 2.60. The second-order valence-corrected chi connectivity index (χ2v) is 5.16. The number of rotatable bonds is 5. The third kappa shape index (κ3) is 4.11. The molecule has 16 heavy (non-hydrogen) atoms. The van der Waals surface area contributed by atoms with Gasteiger partial charge in [0.15, 0.2) is 0 Å². The molecule has 0 fully saturated rings. The van der Waals surface area contributed by atoms with Gasteiger partial charge >= 0.3 is 0 Å². The monoisotopic (exact) mass is 281 g/mol. The zero-order valence-electron chi connectivity index (χ0n) is 8.78. The van der Waals surface area contributed by atoms with Gasteiger partial charge in [-0.25, -0.2) is 4.98 Å². The topological polar surface area (TPSA) is 53.4 Å². The maximum Gasteiger partial charge on any atom is 0.134 e. The lowest BCUT2D eigenvalue weighted by molar-refractivity contribution is 0.113. The molecule has 90 valence electrons. The SMILES string of the molecule is Cc1cc(Cl)c(CSCC(O)CO)c(Cl)n1.